The molecule has 0 spiro atoms. The highest BCUT2D eigenvalue weighted by Crippen LogP contribution is 2.26. The van der Waals surface area contributed by atoms with Crippen LogP contribution in [-0.2, 0) is 4.74 Å². The number of nitrogens with zero attached hydrogens (tertiary/aromatic N) is 5. The first kappa shape index (κ1) is 14.6. The molecule has 2 aromatic rings. The summed E-state index contributed by atoms with van der Waals surface area (Å²) in [5.41, 5.74) is 2.80. The number of nitrogens with one attached hydrogen (secondary N) is 1. The van der Waals surface area contributed by atoms with Gasteiger partial charge in [-0.3, -0.25) is 0 Å². The van der Waals surface area contributed by atoms with Gasteiger partial charge in [0.05, 0.1) is 18.7 Å². The number of rotatable bonds is 2. The number of hydrogen-bond acceptors (Lipinski definition) is 7. The normalized spacial score (nSPS) is 19.3. The zero-order valence-corrected chi connectivity index (χ0v) is 13.5. The van der Waals surface area contributed by atoms with Crippen molar-refractivity contribution in [2.75, 3.05) is 62.3 Å². The molecule has 0 bridgehead atoms. The van der Waals surface area contributed by atoms with Crippen LogP contribution >= 0.6 is 0 Å². The molecular weight excluding hydrogens is 292 g/mol. The van der Waals surface area contributed by atoms with Gasteiger partial charge in [0.1, 0.15) is 5.52 Å². The Hall–Kier alpha value is -1.99. The molecule has 122 valence electrons. The molecule has 7 nitrogen and oxygen atoms in total. The van der Waals surface area contributed by atoms with Crippen LogP contribution in [0.25, 0.3) is 11.0 Å². The number of aryl methyl sites for hydroxylation is 1. The lowest BCUT2D eigenvalue weighted by atomic mass is 10.2. The monoisotopic (exact) mass is 314 g/mol. The van der Waals surface area contributed by atoms with Crippen molar-refractivity contribution < 1.29 is 4.74 Å². The predicted molar refractivity (Wildman–Crippen MR) is 90.2 cm³/mol. The number of pyridine rings is 1. The van der Waals surface area contributed by atoms with Gasteiger partial charge in [0.2, 0.25) is 5.95 Å². The van der Waals surface area contributed by atoms with Crippen LogP contribution in [0, 0.1) is 6.92 Å². The highest BCUT2D eigenvalue weighted by atomic mass is 16.5. The molecule has 7 heteroatoms. The van der Waals surface area contributed by atoms with Crippen LogP contribution < -0.4 is 15.1 Å². The third kappa shape index (κ3) is 2.94. The number of aromatic nitrogens is 3. The van der Waals surface area contributed by atoms with Gasteiger partial charge in [-0.2, -0.15) is 4.98 Å². The van der Waals surface area contributed by atoms with Gasteiger partial charge in [-0.05, 0) is 19.1 Å². The lowest BCUT2D eigenvalue weighted by Gasteiger charge is -2.31. The predicted octanol–water partition coefficient (Wildman–Crippen LogP) is 0.579. The Labute approximate surface area is 135 Å². The van der Waals surface area contributed by atoms with E-state index in [0.29, 0.717) is 0 Å². The fraction of sp³-hybridized carbons (Fsp3) is 0.562. The van der Waals surface area contributed by atoms with E-state index in [2.05, 4.69) is 21.2 Å². The van der Waals surface area contributed by atoms with Crippen LogP contribution in [0.2, 0.25) is 0 Å². The van der Waals surface area contributed by atoms with Gasteiger partial charge in [0.25, 0.3) is 0 Å². The summed E-state index contributed by atoms with van der Waals surface area (Å²) in [6.07, 6.45) is 0. The zero-order valence-electron chi connectivity index (χ0n) is 13.5. The summed E-state index contributed by atoms with van der Waals surface area (Å²) in [6.45, 7) is 9.00. The standard InChI is InChI=1S/C16H22N6O/c1-12-2-3-13-14(18-12)15(21-8-10-23-11-9-21)20-16(19-13)22-6-4-17-5-7-22/h2-3,17H,4-11H2,1H3. The summed E-state index contributed by atoms with van der Waals surface area (Å²) in [4.78, 5) is 18.9. The first-order valence-electron chi connectivity index (χ1n) is 8.25. The molecule has 0 unspecified atom stereocenters. The minimum atomic E-state index is 0.736. The van der Waals surface area contributed by atoms with Crippen molar-refractivity contribution in [2.45, 2.75) is 6.92 Å². The van der Waals surface area contributed by atoms with Crippen molar-refractivity contribution in [2.24, 2.45) is 0 Å². The molecule has 1 N–H and O–H groups in total. The summed E-state index contributed by atoms with van der Waals surface area (Å²) in [5.74, 6) is 1.75. The van der Waals surface area contributed by atoms with Gasteiger partial charge >= 0.3 is 0 Å². The van der Waals surface area contributed by atoms with E-state index in [0.717, 1.165) is 81.0 Å². The highest BCUT2D eigenvalue weighted by molar-refractivity contribution is 5.87. The number of piperazine rings is 1. The first-order chi connectivity index (χ1) is 11.3. The molecule has 2 fully saturated rings. The molecular formula is C16H22N6O. The van der Waals surface area contributed by atoms with Gasteiger partial charge in [-0.15, -0.1) is 0 Å². The number of morpholine rings is 1. The molecule has 2 saturated heterocycles. The molecule has 2 aromatic heterocycles. The third-order valence-electron chi connectivity index (χ3n) is 4.36. The minimum absolute atomic E-state index is 0.736. The lowest BCUT2D eigenvalue weighted by molar-refractivity contribution is 0.122. The van der Waals surface area contributed by atoms with Gasteiger partial charge < -0.3 is 19.9 Å². The second-order valence-corrected chi connectivity index (χ2v) is 6.00. The average molecular weight is 314 g/mol. The van der Waals surface area contributed by atoms with Crippen molar-refractivity contribution in [1.29, 1.82) is 0 Å². The maximum Gasteiger partial charge on any atom is 0.228 e. The Bertz CT molecular complexity index is 694. The van der Waals surface area contributed by atoms with Crippen molar-refractivity contribution in [3.05, 3.63) is 17.8 Å². The van der Waals surface area contributed by atoms with Gasteiger partial charge in [-0.1, -0.05) is 0 Å². The number of anilines is 2. The van der Waals surface area contributed by atoms with Crippen molar-refractivity contribution >= 4 is 22.8 Å². The summed E-state index contributed by atoms with van der Waals surface area (Å²) >= 11 is 0. The van der Waals surface area contributed by atoms with Crippen LogP contribution in [0.5, 0.6) is 0 Å². The topological polar surface area (TPSA) is 66.4 Å². The van der Waals surface area contributed by atoms with Crippen LogP contribution in [0.1, 0.15) is 5.69 Å². The van der Waals surface area contributed by atoms with Gasteiger partial charge in [0.15, 0.2) is 5.82 Å². The zero-order chi connectivity index (χ0) is 15.6. The Morgan fingerprint density at radius 1 is 0.957 bits per heavy atom. The molecule has 0 amide bonds. The number of hydrogen-bond donors (Lipinski definition) is 1. The van der Waals surface area contributed by atoms with E-state index in [4.69, 9.17) is 19.7 Å². The number of ether oxygens (including phenoxy) is 1. The van der Waals surface area contributed by atoms with E-state index in [9.17, 15) is 0 Å². The van der Waals surface area contributed by atoms with Crippen LogP contribution in [0.15, 0.2) is 12.1 Å². The smallest absolute Gasteiger partial charge is 0.228 e. The molecule has 0 aromatic carbocycles. The SMILES string of the molecule is Cc1ccc2nc(N3CCNCC3)nc(N3CCOCC3)c2n1. The number of fused-ring (bicyclic) bond motifs is 1. The fourth-order valence-corrected chi connectivity index (χ4v) is 3.09. The Morgan fingerprint density at radius 3 is 2.52 bits per heavy atom. The molecule has 2 aliphatic rings. The van der Waals surface area contributed by atoms with E-state index < -0.39 is 0 Å². The molecule has 4 rings (SSSR count). The summed E-state index contributed by atoms with van der Waals surface area (Å²) in [5, 5.41) is 3.37. The molecule has 0 atom stereocenters. The molecule has 4 heterocycles. The summed E-state index contributed by atoms with van der Waals surface area (Å²) in [7, 11) is 0. The molecule has 0 aliphatic carbocycles. The van der Waals surface area contributed by atoms with E-state index in [-0.39, 0.29) is 0 Å². The molecule has 23 heavy (non-hydrogen) atoms. The van der Waals surface area contributed by atoms with Crippen molar-refractivity contribution in [3.63, 3.8) is 0 Å². The fourth-order valence-electron chi connectivity index (χ4n) is 3.09. The van der Waals surface area contributed by atoms with Crippen molar-refractivity contribution in [1.82, 2.24) is 20.3 Å². The Morgan fingerprint density at radius 2 is 1.74 bits per heavy atom. The lowest BCUT2D eigenvalue weighted by Crippen LogP contribution is -2.44. The maximum absolute atomic E-state index is 5.48. The van der Waals surface area contributed by atoms with E-state index in [1.807, 2.05) is 13.0 Å². The van der Waals surface area contributed by atoms with Crippen LogP contribution in [0.4, 0.5) is 11.8 Å². The Kier molecular flexibility index (Phi) is 3.97. The minimum Gasteiger partial charge on any atom is -0.378 e. The van der Waals surface area contributed by atoms with Crippen molar-refractivity contribution in [3.8, 4) is 0 Å². The van der Waals surface area contributed by atoms with Gasteiger partial charge in [0, 0.05) is 45.0 Å². The summed E-state index contributed by atoms with van der Waals surface area (Å²) in [6, 6.07) is 4.06. The maximum atomic E-state index is 5.48. The molecule has 0 radical (unpaired) electrons. The van der Waals surface area contributed by atoms with Gasteiger partial charge in [-0.25, -0.2) is 9.97 Å². The largest absolute Gasteiger partial charge is 0.378 e. The van der Waals surface area contributed by atoms with E-state index in [1.165, 1.54) is 0 Å². The van der Waals surface area contributed by atoms with Crippen LogP contribution in [-0.4, -0.2) is 67.4 Å². The third-order valence-corrected chi connectivity index (χ3v) is 4.36. The highest BCUT2D eigenvalue weighted by Gasteiger charge is 2.21. The Balaban J connectivity index is 1.80. The summed E-state index contributed by atoms with van der Waals surface area (Å²) < 4.78 is 5.48. The molecule has 0 saturated carbocycles. The second kappa shape index (κ2) is 6.25. The first-order valence-corrected chi connectivity index (χ1v) is 8.25. The van der Waals surface area contributed by atoms with E-state index in [1.54, 1.807) is 0 Å². The van der Waals surface area contributed by atoms with E-state index >= 15 is 0 Å². The molecule has 2 aliphatic heterocycles. The average Bonchev–Trinajstić information content (AvgIpc) is 2.62. The van der Waals surface area contributed by atoms with Crippen LogP contribution in [0.3, 0.4) is 0 Å². The quantitative estimate of drug-likeness (QED) is 0.869. The second-order valence-electron chi connectivity index (χ2n) is 6.00.